The number of sulfonamides is 1. The Morgan fingerprint density at radius 3 is 2.56 bits per heavy atom. The molecular formula is C22H26N6O5S3. The van der Waals surface area contributed by atoms with Crippen LogP contribution in [0.3, 0.4) is 0 Å². The Balaban J connectivity index is 1.66. The summed E-state index contributed by atoms with van der Waals surface area (Å²) in [5.41, 5.74) is -0.173. The Bertz CT molecular complexity index is 1690. The maximum absolute atomic E-state index is 13.6. The smallest absolute Gasteiger partial charge is 0.332 e. The largest absolute Gasteiger partial charge is 0.394 e. The summed E-state index contributed by atoms with van der Waals surface area (Å²) in [6.07, 6.45) is 4.71. The van der Waals surface area contributed by atoms with Gasteiger partial charge in [0.2, 0.25) is 0 Å². The third-order valence-electron chi connectivity index (χ3n) is 6.18. The van der Waals surface area contributed by atoms with Gasteiger partial charge in [-0.15, -0.1) is 22.7 Å². The molecule has 1 aliphatic rings. The van der Waals surface area contributed by atoms with E-state index in [9.17, 15) is 18.0 Å². The molecule has 0 bridgehead atoms. The molecule has 4 heterocycles. The zero-order valence-corrected chi connectivity index (χ0v) is 22.5. The van der Waals surface area contributed by atoms with Crippen LogP contribution >= 0.6 is 22.7 Å². The second kappa shape index (κ2) is 9.03. The molecule has 192 valence electrons. The van der Waals surface area contributed by atoms with Crippen molar-refractivity contribution in [3.05, 3.63) is 60.4 Å². The molecule has 1 fully saturated rings. The van der Waals surface area contributed by atoms with E-state index in [1.54, 1.807) is 6.20 Å². The van der Waals surface area contributed by atoms with Gasteiger partial charge < -0.3 is 5.11 Å². The van der Waals surface area contributed by atoms with Gasteiger partial charge in [0, 0.05) is 22.2 Å². The summed E-state index contributed by atoms with van der Waals surface area (Å²) < 4.78 is 33.0. The van der Waals surface area contributed by atoms with Crippen molar-refractivity contribution < 1.29 is 13.5 Å². The van der Waals surface area contributed by atoms with E-state index in [2.05, 4.69) is 14.8 Å². The van der Waals surface area contributed by atoms with Crippen LogP contribution < -0.4 is 16.0 Å². The van der Waals surface area contributed by atoms with Crippen molar-refractivity contribution in [3.8, 4) is 0 Å². The first-order chi connectivity index (χ1) is 17.0. The van der Waals surface area contributed by atoms with Crippen LogP contribution in [0.4, 0.5) is 0 Å². The standard InChI is InChI=1S/C22H26N6O5S3/c1-13-17(34-14(2)24-13)12-28-20-16(8-18(35-20)36(32,33)25-22(3)4-5-22)19(30)27(21(28)31)11-15-9-23-26(10-15)6-7-29/h8-10,25,29H,4-7,11-12H2,1-3H3. The SMILES string of the molecule is Cc1nc(C)c(Cn2c(=O)n(Cc3cnn(CCO)c3)c(=O)c3cc(S(=O)(=O)NC4(C)CC4)sc32)s1. The Hall–Kier alpha value is -2.65. The predicted molar refractivity (Wildman–Crippen MR) is 137 cm³/mol. The van der Waals surface area contributed by atoms with Gasteiger partial charge in [0.1, 0.15) is 9.04 Å². The summed E-state index contributed by atoms with van der Waals surface area (Å²) in [5, 5.41) is 14.3. The third-order valence-corrected chi connectivity index (χ3v) is 10.5. The lowest BCUT2D eigenvalue weighted by Gasteiger charge is -2.11. The quantitative estimate of drug-likeness (QED) is 0.321. The second-order valence-corrected chi connectivity index (χ2v) is 13.5. The van der Waals surface area contributed by atoms with E-state index in [0.29, 0.717) is 16.9 Å². The fourth-order valence-corrected chi connectivity index (χ4v) is 7.84. The molecular weight excluding hydrogens is 524 g/mol. The lowest BCUT2D eigenvalue weighted by atomic mass is 10.3. The lowest BCUT2D eigenvalue weighted by molar-refractivity contribution is 0.269. The number of hydrogen-bond donors (Lipinski definition) is 2. The lowest BCUT2D eigenvalue weighted by Crippen LogP contribution is -2.40. The molecule has 4 aromatic rings. The van der Waals surface area contributed by atoms with Crippen LogP contribution in [0.25, 0.3) is 10.2 Å². The van der Waals surface area contributed by atoms with Crippen LogP contribution in [-0.2, 0) is 29.7 Å². The van der Waals surface area contributed by atoms with Gasteiger partial charge in [0.15, 0.2) is 0 Å². The van der Waals surface area contributed by atoms with E-state index < -0.39 is 26.8 Å². The van der Waals surface area contributed by atoms with Crippen LogP contribution in [0.1, 0.15) is 40.9 Å². The maximum atomic E-state index is 13.6. The minimum absolute atomic E-state index is 0.00148. The molecule has 1 aliphatic carbocycles. The Morgan fingerprint density at radius 2 is 1.92 bits per heavy atom. The molecule has 4 aromatic heterocycles. The number of hydrogen-bond acceptors (Lipinski definition) is 9. The molecule has 0 amide bonds. The van der Waals surface area contributed by atoms with Crippen LogP contribution in [-0.4, -0.2) is 49.6 Å². The highest BCUT2D eigenvalue weighted by Gasteiger charge is 2.41. The highest BCUT2D eigenvalue weighted by molar-refractivity contribution is 7.91. The summed E-state index contributed by atoms with van der Waals surface area (Å²) in [4.78, 5) is 32.7. The van der Waals surface area contributed by atoms with Crippen LogP contribution in [0, 0.1) is 13.8 Å². The van der Waals surface area contributed by atoms with Crippen molar-refractivity contribution >= 4 is 42.9 Å². The zero-order valence-electron chi connectivity index (χ0n) is 20.0. The summed E-state index contributed by atoms with van der Waals surface area (Å²) in [6, 6.07) is 1.36. The number of fused-ring (bicyclic) bond motifs is 1. The van der Waals surface area contributed by atoms with E-state index >= 15 is 0 Å². The number of aryl methyl sites for hydroxylation is 2. The highest BCUT2D eigenvalue weighted by Crippen LogP contribution is 2.37. The van der Waals surface area contributed by atoms with E-state index in [-0.39, 0.29) is 29.3 Å². The minimum Gasteiger partial charge on any atom is -0.394 e. The molecule has 0 unspecified atom stereocenters. The van der Waals surface area contributed by atoms with Crippen LogP contribution in [0.15, 0.2) is 32.3 Å². The van der Waals surface area contributed by atoms with Crippen molar-refractivity contribution in [2.45, 2.75) is 63.0 Å². The summed E-state index contributed by atoms with van der Waals surface area (Å²) in [5.74, 6) is 0. The molecule has 0 aliphatic heterocycles. The van der Waals surface area contributed by atoms with Gasteiger partial charge in [0.25, 0.3) is 15.6 Å². The van der Waals surface area contributed by atoms with Gasteiger partial charge in [-0.3, -0.25) is 18.6 Å². The van der Waals surface area contributed by atoms with E-state index in [1.807, 2.05) is 20.8 Å². The third kappa shape index (κ3) is 4.70. The number of rotatable bonds is 9. The topological polar surface area (TPSA) is 141 Å². The fourth-order valence-electron chi connectivity index (χ4n) is 4.01. The summed E-state index contributed by atoms with van der Waals surface area (Å²) in [6.45, 7) is 5.91. The van der Waals surface area contributed by atoms with Gasteiger partial charge in [-0.1, -0.05) is 0 Å². The first kappa shape index (κ1) is 25.0. The maximum Gasteiger partial charge on any atom is 0.332 e. The molecule has 0 atom stereocenters. The molecule has 14 heteroatoms. The molecule has 0 saturated heterocycles. The fraction of sp³-hybridized carbons (Fsp3) is 0.455. The number of aliphatic hydroxyl groups excluding tert-OH is 1. The minimum atomic E-state index is -3.86. The van der Waals surface area contributed by atoms with E-state index in [4.69, 9.17) is 5.11 Å². The first-order valence-corrected chi connectivity index (χ1v) is 14.5. The predicted octanol–water partition coefficient (Wildman–Crippen LogP) is 1.41. The van der Waals surface area contributed by atoms with Crippen molar-refractivity contribution in [1.82, 2.24) is 28.6 Å². The van der Waals surface area contributed by atoms with Gasteiger partial charge >= 0.3 is 5.69 Å². The second-order valence-electron chi connectivity index (χ2n) is 9.29. The Kier molecular flexibility index (Phi) is 6.27. The Labute approximate surface area is 214 Å². The highest BCUT2D eigenvalue weighted by atomic mass is 32.2. The van der Waals surface area contributed by atoms with Gasteiger partial charge in [-0.25, -0.2) is 22.9 Å². The number of thiophene rings is 1. The molecule has 0 aromatic carbocycles. The molecule has 2 N–H and O–H groups in total. The monoisotopic (exact) mass is 550 g/mol. The number of aliphatic hydroxyl groups is 1. The van der Waals surface area contributed by atoms with Crippen LogP contribution in [0.2, 0.25) is 0 Å². The zero-order chi connectivity index (χ0) is 25.8. The molecule has 1 saturated carbocycles. The molecule has 36 heavy (non-hydrogen) atoms. The molecule has 11 nitrogen and oxygen atoms in total. The van der Waals surface area contributed by atoms with E-state index in [1.165, 1.54) is 32.8 Å². The number of aromatic nitrogens is 5. The first-order valence-electron chi connectivity index (χ1n) is 11.4. The number of thiazole rings is 1. The Morgan fingerprint density at radius 1 is 1.17 bits per heavy atom. The molecule has 0 radical (unpaired) electrons. The van der Waals surface area contributed by atoms with Gasteiger partial charge in [0.05, 0.1) is 48.5 Å². The number of nitrogens with zero attached hydrogens (tertiary/aromatic N) is 5. The van der Waals surface area contributed by atoms with Gasteiger partial charge in [-0.2, -0.15) is 5.10 Å². The summed E-state index contributed by atoms with van der Waals surface area (Å²) in [7, 11) is -3.86. The van der Waals surface area contributed by atoms with Crippen molar-refractivity contribution in [2.24, 2.45) is 0 Å². The van der Waals surface area contributed by atoms with Crippen molar-refractivity contribution in [2.75, 3.05) is 6.61 Å². The average molecular weight is 551 g/mol. The molecule has 5 rings (SSSR count). The van der Waals surface area contributed by atoms with Crippen LogP contribution in [0.5, 0.6) is 0 Å². The summed E-state index contributed by atoms with van der Waals surface area (Å²) >= 11 is 2.38. The van der Waals surface area contributed by atoms with Gasteiger partial charge in [-0.05, 0) is 39.7 Å². The van der Waals surface area contributed by atoms with Crippen molar-refractivity contribution in [3.63, 3.8) is 0 Å². The number of nitrogens with one attached hydrogen (secondary N) is 1. The average Bonchev–Trinajstić information content (AvgIpc) is 3.15. The molecule has 0 spiro atoms. The van der Waals surface area contributed by atoms with E-state index in [0.717, 1.165) is 44.3 Å². The normalized spacial score (nSPS) is 15.1. The van der Waals surface area contributed by atoms with Crippen molar-refractivity contribution in [1.29, 1.82) is 0 Å².